The minimum atomic E-state index is -4.27. The molecule has 2 N–H and O–H groups in total. The first kappa shape index (κ1) is 21.3. The van der Waals surface area contributed by atoms with E-state index < -0.39 is 43.6 Å². The topological polar surface area (TPSA) is 108 Å². The second-order valence-electron chi connectivity index (χ2n) is 6.65. The molecule has 152 valence electrons. The lowest BCUT2D eigenvalue weighted by Gasteiger charge is -2.38. The molecule has 0 unspecified atom stereocenters. The molecular formula is C18H14BrF2N3O4S. The van der Waals surface area contributed by atoms with Crippen molar-refractivity contribution in [1.29, 1.82) is 5.26 Å². The Balaban J connectivity index is 1.94. The van der Waals surface area contributed by atoms with Gasteiger partial charge in [0, 0.05) is 10.2 Å². The zero-order valence-electron chi connectivity index (χ0n) is 14.9. The summed E-state index contributed by atoms with van der Waals surface area (Å²) in [6, 6.07) is 7.15. The first-order valence-electron chi connectivity index (χ1n) is 8.17. The van der Waals surface area contributed by atoms with Gasteiger partial charge in [-0.25, -0.2) is 21.9 Å². The van der Waals surface area contributed by atoms with Crippen molar-refractivity contribution in [2.45, 2.75) is 17.4 Å². The number of nitrogens with one attached hydrogen (secondary N) is 2. The molecule has 7 nitrogen and oxygen atoms in total. The average Bonchev–Trinajstić information content (AvgIpc) is 2.61. The van der Waals surface area contributed by atoms with Crippen molar-refractivity contribution in [3.63, 3.8) is 0 Å². The normalized spacial score (nSPS) is 15.3. The quantitative estimate of drug-likeness (QED) is 0.676. The zero-order valence-corrected chi connectivity index (χ0v) is 17.3. The van der Waals surface area contributed by atoms with E-state index in [1.54, 1.807) is 13.0 Å². The van der Waals surface area contributed by atoms with Crippen LogP contribution in [-0.4, -0.2) is 33.1 Å². The molecular weight excluding hydrogens is 472 g/mol. The van der Waals surface area contributed by atoms with Gasteiger partial charge in [0.15, 0.2) is 5.82 Å². The summed E-state index contributed by atoms with van der Waals surface area (Å²) < 4.78 is 61.0. The minimum absolute atomic E-state index is 0.0206. The third kappa shape index (κ3) is 4.30. The van der Waals surface area contributed by atoms with Crippen molar-refractivity contribution < 1.29 is 26.7 Å². The van der Waals surface area contributed by atoms with Crippen LogP contribution in [0.5, 0.6) is 0 Å². The number of ether oxygens (including phenoxy) is 1. The van der Waals surface area contributed by atoms with Crippen LogP contribution in [0.2, 0.25) is 0 Å². The van der Waals surface area contributed by atoms with E-state index in [-0.39, 0.29) is 28.9 Å². The summed E-state index contributed by atoms with van der Waals surface area (Å²) in [6.07, 6.45) is 0. The predicted octanol–water partition coefficient (Wildman–Crippen LogP) is 2.92. The summed E-state index contributed by atoms with van der Waals surface area (Å²) in [5, 5.41) is 11.2. The molecule has 0 aliphatic carbocycles. The summed E-state index contributed by atoms with van der Waals surface area (Å²) in [5.41, 5.74) is -1.67. The monoisotopic (exact) mass is 485 g/mol. The first-order valence-corrected chi connectivity index (χ1v) is 10.4. The summed E-state index contributed by atoms with van der Waals surface area (Å²) in [4.78, 5) is 11.9. The van der Waals surface area contributed by atoms with Crippen molar-refractivity contribution >= 4 is 37.5 Å². The van der Waals surface area contributed by atoms with Crippen LogP contribution in [0.25, 0.3) is 0 Å². The fraction of sp³-hybridized carbons (Fsp3) is 0.222. The maximum Gasteiger partial charge on any atom is 0.259 e. The average molecular weight is 486 g/mol. The van der Waals surface area contributed by atoms with Gasteiger partial charge in [-0.1, -0.05) is 0 Å². The number of amides is 1. The Morgan fingerprint density at radius 1 is 1.28 bits per heavy atom. The molecule has 1 fully saturated rings. The third-order valence-electron chi connectivity index (χ3n) is 4.14. The maximum atomic E-state index is 15.0. The number of benzene rings is 2. The van der Waals surface area contributed by atoms with Gasteiger partial charge in [0.2, 0.25) is 10.0 Å². The van der Waals surface area contributed by atoms with Gasteiger partial charge in [0.1, 0.15) is 16.8 Å². The van der Waals surface area contributed by atoms with Crippen molar-refractivity contribution in [2.24, 2.45) is 0 Å². The van der Waals surface area contributed by atoms with Gasteiger partial charge in [0.25, 0.3) is 5.91 Å². The highest BCUT2D eigenvalue weighted by Crippen LogP contribution is 2.28. The van der Waals surface area contributed by atoms with E-state index in [9.17, 15) is 17.6 Å². The first-order chi connectivity index (χ1) is 13.6. The number of hydrogen-bond acceptors (Lipinski definition) is 5. The number of nitrogens with zero attached hydrogens (tertiary/aromatic N) is 1. The number of anilines is 1. The molecule has 1 aliphatic rings. The molecule has 2 aromatic carbocycles. The Morgan fingerprint density at radius 2 is 1.97 bits per heavy atom. The molecule has 0 aromatic heterocycles. The van der Waals surface area contributed by atoms with Crippen LogP contribution in [-0.2, 0) is 14.8 Å². The van der Waals surface area contributed by atoms with Gasteiger partial charge < -0.3 is 10.1 Å². The van der Waals surface area contributed by atoms with Crippen LogP contribution in [0, 0.1) is 23.0 Å². The lowest BCUT2D eigenvalue weighted by atomic mass is 10.0. The SMILES string of the molecule is CC1(NS(=O)(=O)c2ccc(Br)c(C(=O)Nc3ccc(F)c(C#N)c3)c2F)COC1. The number of hydrogen-bond donors (Lipinski definition) is 2. The standard InChI is InChI=1S/C18H14BrF2N3O4S/c1-18(8-28-9-18)24-29(26,27)14-5-3-12(19)15(16(14)21)17(25)23-11-2-4-13(20)10(6-11)7-22/h2-6,24H,8-9H2,1H3,(H,23,25). The third-order valence-corrected chi connectivity index (χ3v) is 6.46. The van der Waals surface area contributed by atoms with Crippen LogP contribution in [0.4, 0.5) is 14.5 Å². The van der Waals surface area contributed by atoms with Crippen molar-refractivity contribution in [3.05, 3.63) is 57.6 Å². The second-order valence-corrected chi connectivity index (χ2v) is 9.16. The van der Waals surface area contributed by atoms with Gasteiger partial charge >= 0.3 is 0 Å². The van der Waals surface area contributed by atoms with E-state index in [1.165, 1.54) is 12.1 Å². The summed E-state index contributed by atoms with van der Waals surface area (Å²) in [5.74, 6) is -3.00. The van der Waals surface area contributed by atoms with E-state index >= 15 is 4.39 Å². The van der Waals surface area contributed by atoms with Crippen LogP contribution in [0.3, 0.4) is 0 Å². The van der Waals surface area contributed by atoms with Crippen LogP contribution >= 0.6 is 15.9 Å². The Labute approximate surface area is 173 Å². The molecule has 0 saturated carbocycles. The highest BCUT2D eigenvalue weighted by Gasteiger charge is 2.39. The molecule has 0 bridgehead atoms. The van der Waals surface area contributed by atoms with E-state index in [2.05, 4.69) is 26.0 Å². The van der Waals surface area contributed by atoms with E-state index in [0.717, 1.165) is 18.2 Å². The fourth-order valence-electron chi connectivity index (χ4n) is 2.68. The van der Waals surface area contributed by atoms with E-state index in [4.69, 9.17) is 10.00 Å². The van der Waals surface area contributed by atoms with E-state index in [1.807, 2.05) is 0 Å². The molecule has 29 heavy (non-hydrogen) atoms. The Hall–Kier alpha value is -2.39. The molecule has 1 saturated heterocycles. The number of rotatable bonds is 5. The zero-order chi connectivity index (χ0) is 21.4. The fourth-order valence-corrected chi connectivity index (χ4v) is 4.63. The number of carbonyl (C=O) groups is 1. The molecule has 1 aliphatic heterocycles. The van der Waals surface area contributed by atoms with Crippen LogP contribution in [0.15, 0.2) is 39.7 Å². The summed E-state index contributed by atoms with van der Waals surface area (Å²) in [6.45, 7) is 1.90. The highest BCUT2D eigenvalue weighted by atomic mass is 79.9. The van der Waals surface area contributed by atoms with E-state index in [0.29, 0.717) is 0 Å². The largest absolute Gasteiger partial charge is 0.377 e. The number of nitriles is 1. The number of carbonyl (C=O) groups excluding carboxylic acids is 1. The Kier molecular flexibility index (Phi) is 5.73. The second kappa shape index (κ2) is 7.79. The smallest absolute Gasteiger partial charge is 0.259 e. The summed E-state index contributed by atoms with van der Waals surface area (Å²) >= 11 is 3.04. The maximum absolute atomic E-state index is 15.0. The van der Waals surface area contributed by atoms with Gasteiger partial charge in [0.05, 0.1) is 29.9 Å². The van der Waals surface area contributed by atoms with Crippen molar-refractivity contribution in [2.75, 3.05) is 18.5 Å². The molecule has 0 radical (unpaired) electrons. The molecule has 1 amide bonds. The predicted molar refractivity (Wildman–Crippen MR) is 103 cm³/mol. The molecule has 1 heterocycles. The lowest BCUT2D eigenvalue weighted by molar-refractivity contribution is -0.0523. The van der Waals surface area contributed by atoms with Crippen molar-refractivity contribution in [1.82, 2.24) is 4.72 Å². The van der Waals surface area contributed by atoms with Crippen LogP contribution < -0.4 is 10.0 Å². The summed E-state index contributed by atoms with van der Waals surface area (Å²) in [7, 11) is -4.27. The van der Waals surface area contributed by atoms with Gasteiger partial charge in [-0.05, 0) is 53.2 Å². The van der Waals surface area contributed by atoms with Crippen LogP contribution in [0.1, 0.15) is 22.8 Å². The molecule has 0 spiro atoms. The number of halogens is 3. The molecule has 3 rings (SSSR count). The highest BCUT2D eigenvalue weighted by molar-refractivity contribution is 9.10. The number of sulfonamides is 1. The molecule has 0 atom stereocenters. The minimum Gasteiger partial charge on any atom is -0.377 e. The van der Waals surface area contributed by atoms with Crippen molar-refractivity contribution in [3.8, 4) is 6.07 Å². The van der Waals surface area contributed by atoms with Gasteiger partial charge in [-0.2, -0.15) is 5.26 Å². The van der Waals surface area contributed by atoms with Gasteiger partial charge in [-0.3, -0.25) is 4.79 Å². The molecule has 2 aromatic rings. The Morgan fingerprint density at radius 3 is 2.55 bits per heavy atom. The Bertz CT molecular complexity index is 1140. The molecule has 11 heteroatoms. The lowest BCUT2D eigenvalue weighted by Crippen LogP contribution is -2.59. The van der Waals surface area contributed by atoms with Gasteiger partial charge in [-0.15, -0.1) is 0 Å².